The van der Waals surface area contributed by atoms with Gasteiger partial charge in [-0.3, -0.25) is 9.59 Å². The minimum Gasteiger partial charge on any atom is -0.466 e. The van der Waals surface area contributed by atoms with E-state index < -0.39 is 0 Å². The summed E-state index contributed by atoms with van der Waals surface area (Å²) < 4.78 is 9.14. The maximum atomic E-state index is 13.8. The summed E-state index contributed by atoms with van der Waals surface area (Å²) in [5.74, 6) is -0.231. The van der Waals surface area contributed by atoms with Crippen molar-refractivity contribution in [3.63, 3.8) is 0 Å². The second kappa shape index (κ2) is 12.7. The van der Waals surface area contributed by atoms with E-state index in [1.54, 1.807) is 11.5 Å². The van der Waals surface area contributed by atoms with E-state index in [-0.39, 0.29) is 17.9 Å². The maximum absolute atomic E-state index is 13.8. The summed E-state index contributed by atoms with van der Waals surface area (Å²) in [7, 11) is 0. The molecular weight excluding hydrogens is 508 g/mol. The third-order valence-electron chi connectivity index (χ3n) is 7.47. The Balaban J connectivity index is 1.55. The van der Waals surface area contributed by atoms with Gasteiger partial charge >= 0.3 is 5.97 Å². The number of fused-ring (bicyclic) bond motifs is 1. The highest BCUT2D eigenvalue weighted by Gasteiger charge is 2.15. The van der Waals surface area contributed by atoms with Gasteiger partial charge < -0.3 is 13.9 Å². The van der Waals surface area contributed by atoms with Crippen molar-refractivity contribution in [3.8, 4) is 5.69 Å². The van der Waals surface area contributed by atoms with E-state index in [2.05, 4.69) is 78.4 Å². The molecular formula is C36H36N2O3. The summed E-state index contributed by atoms with van der Waals surface area (Å²) in [6, 6.07) is 26.7. The van der Waals surface area contributed by atoms with Gasteiger partial charge in [-0.05, 0) is 68.0 Å². The number of hydrogen-bond donors (Lipinski definition) is 0. The molecule has 208 valence electrons. The van der Waals surface area contributed by atoms with E-state index in [0.29, 0.717) is 26.0 Å². The van der Waals surface area contributed by atoms with E-state index in [0.717, 1.165) is 44.4 Å². The molecule has 2 heterocycles. The van der Waals surface area contributed by atoms with Crippen LogP contribution >= 0.6 is 0 Å². The van der Waals surface area contributed by atoms with Gasteiger partial charge in [-0.25, -0.2) is 0 Å². The Kier molecular flexibility index (Phi) is 8.64. The maximum Gasteiger partial charge on any atom is 0.305 e. The monoisotopic (exact) mass is 544 g/mol. The highest BCUT2D eigenvalue weighted by molar-refractivity contribution is 5.93. The van der Waals surface area contributed by atoms with E-state index in [1.165, 1.54) is 5.56 Å². The lowest BCUT2D eigenvalue weighted by atomic mass is 9.98. The number of rotatable bonds is 10. The highest BCUT2D eigenvalue weighted by atomic mass is 16.5. The molecule has 3 aromatic carbocycles. The summed E-state index contributed by atoms with van der Waals surface area (Å²) in [6.07, 6.45) is 9.61. The smallest absolute Gasteiger partial charge is 0.305 e. The Hall–Kier alpha value is -4.64. The zero-order valence-corrected chi connectivity index (χ0v) is 24.0. The number of para-hydroxylation sites is 2. The highest BCUT2D eigenvalue weighted by Crippen LogP contribution is 2.28. The second-order valence-corrected chi connectivity index (χ2v) is 10.4. The first-order valence-electron chi connectivity index (χ1n) is 14.2. The average Bonchev–Trinajstić information content (AvgIpc) is 3.34. The normalized spacial score (nSPS) is 11.4. The molecule has 0 bridgehead atoms. The third kappa shape index (κ3) is 6.25. The number of pyridine rings is 1. The number of ether oxygens (including phenoxy) is 1. The van der Waals surface area contributed by atoms with Crippen LogP contribution in [0.4, 0.5) is 0 Å². The SMILES string of the molecule is CCOC(=O)CCCc1c(/C=C/c2cn(-c3ccccc3C)c3ccccc23)c(C)cn(Cc2ccccc2)c1=O. The molecule has 0 unspecified atom stereocenters. The second-order valence-electron chi connectivity index (χ2n) is 10.4. The molecule has 41 heavy (non-hydrogen) atoms. The van der Waals surface area contributed by atoms with Crippen LogP contribution in [-0.2, 0) is 22.5 Å². The summed E-state index contributed by atoms with van der Waals surface area (Å²) in [6.45, 7) is 6.83. The molecule has 0 amide bonds. The summed E-state index contributed by atoms with van der Waals surface area (Å²) in [5.41, 5.74) is 8.25. The van der Waals surface area contributed by atoms with Gasteiger partial charge in [0.1, 0.15) is 0 Å². The van der Waals surface area contributed by atoms with Crippen LogP contribution in [0.15, 0.2) is 96.1 Å². The van der Waals surface area contributed by atoms with Crippen LogP contribution in [0.5, 0.6) is 0 Å². The fraction of sp³-hybridized carbons (Fsp3) is 0.222. The molecule has 0 aliphatic carbocycles. The fourth-order valence-electron chi connectivity index (χ4n) is 5.45. The Labute approximate surface area is 241 Å². The molecule has 5 aromatic rings. The predicted molar refractivity (Wildman–Crippen MR) is 167 cm³/mol. The van der Waals surface area contributed by atoms with Gasteiger partial charge in [0.25, 0.3) is 5.56 Å². The molecule has 0 N–H and O–H groups in total. The van der Waals surface area contributed by atoms with E-state index >= 15 is 0 Å². The first-order valence-corrected chi connectivity index (χ1v) is 14.2. The molecule has 0 radical (unpaired) electrons. The molecule has 5 rings (SSSR count). The lowest BCUT2D eigenvalue weighted by Crippen LogP contribution is -2.26. The van der Waals surface area contributed by atoms with Crippen LogP contribution in [0.25, 0.3) is 28.7 Å². The number of nitrogens with zero attached hydrogens (tertiary/aromatic N) is 2. The van der Waals surface area contributed by atoms with Gasteiger partial charge in [0.2, 0.25) is 0 Å². The Morgan fingerprint density at radius 3 is 2.37 bits per heavy atom. The molecule has 0 atom stereocenters. The Bertz CT molecular complexity index is 1760. The predicted octanol–water partition coefficient (Wildman–Crippen LogP) is 7.51. The molecule has 0 fully saturated rings. The van der Waals surface area contributed by atoms with Crippen molar-refractivity contribution >= 4 is 29.0 Å². The van der Waals surface area contributed by atoms with Crippen LogP contribution < -0.4 is 5.56 Å². The summed E-state index contributed by atoms with van der Waals surface area (Å²) in [4.78, 5) is 25.8. The van der Waals surface area contributed by atoms with E-state index in [9.17, 15) is 9.59 Å². The summed E-state index contributed by atoms with van der Waals surface area (Å²) >= 11 is 0. The topological polar surface area (TPSA) is 53.2 Å². The minimum atomic E-state index is -0.231. The number of carbonyl (C=O) groups excluding carboxylic acids is 1. The van der Waals surface area contributed by atoms with Gasteiger partial charge in [-0.1, -0.05) is 78.9 Å². The van der Waals surface area contributed by atoms with Crippen LogP contribution in [0.2, 0.25) is 0 Å². The quantitative estimate of drug-likeness (QED) is 0.171. The molecule has 0 aliphatic heterocycles. The van der Waals surface area contributed by atoms with Gasteiger partial charge in [0.05, 0.1) is 18.7 Å². The molecule has 5 heteroatoms. The molecule has 5 nitrogen and oxygen atoms in total. The number of carbonyl (C=O) groups is 1. The standard InChI is InChI=1S/C36H36N2O3/c1-4-41-35(39)20-12-17-32-30(27(3)23-37(36(32)40)24-28-14-6-5-7-15-28)22-21-29-25-38(33-18-10-8-13-26(33)2)34-19-11-9-16-31(29)34/h5-11,13-16,18-19,21-23,25H,4,12,17,20,24H2,1-3H3/b22-21+. The van der Waals surface area contributed by atoms with E-state index in [1.807, 2.05) is 43.5 Å². The molecule has 2 aromatic heterocycles. The van der Waals surface area contributed by atoms with Crippen molar-refractivity contribution in [2.24, 2.45) is 0 Å². The minimum absolute atomic E-state index is 0.0229. The lowest BCUT2D eigenvalue weighted by molar-refractivity contribution is -0.143. The average molecular weight is 545 g/mol. The molecule has 0 aliphatic rings. The van der Waals surface area contributed by atoms with Gasteiger partial charge in [-0.15, -0.1) is 0 Å². The molecule has 0 saturated carbocycles. The molecule has 0 saturated heterocycles. The van der Waals surface area contributed by atoms with Crippen molar-refractivity contribution in [1.82, 2.24) is 9.13 Å². The number of benzene rings is 3. The van der Waals surface area contributed by atoms with Crippen molar-refractivity contribution in [2.45, 2.75) is 46.6 Å². The van der Waals surface area contributed by atoms with Crippen LogP contribution in [-0.4, -0.2) is 21.7 Å². The molecule has 0 spiro atoms. The number of aryl methyl sites for hydroxylation is 2. The summed E-state index contributed by atoms with van der Waals surface area (Å²) in [5, 5.41) is 1.14. The number of esters is 1. The van der Waals surface area contributed by atoms with Crippen molar-refractivity contribution in [3.05, 3.63) is 135 Å². The van der Waals surface area contributed by atoms with Crippen molar-refractivity contribution in [1.29, 1.82) is 0 Å². The Morgan fingerprint density at radius 1 is 0.854 bits per heavy atom. The Morgan fingerprint density at radius 2 is 1.59 bits per heavy atom. The zero-order chi connectivity index (χ0) is 28.8. The zero-order valence-electron chi connectivity index (χ0n) is 24.0. The van der Waals surface area contributed by atoms with Gasteiger partial charge in [0.15, 0.2) is 0 Å². The van der Waals surface area contributed by atoms with Crippen LogP contribution in [0.1, 0.15) is 53.1 Å². The van der Waals surface area contributed by atoms with Crippen molar-refractivity contribution in [2.75, 3.05) is 6.61 Å². The number of hydrogen-bond acceptors (Lipinski definition) is 3. The first-order chi connectivity index (χ1) is 20.0. The third-order valence-corrected chi connectivity index (χ3v) is 7.47. The fourth-order valence-corrected chi connectivity index (χ4v) is 5.45. The largest absolute Gasteiger partial charge is 0.466 e. The van der Waals surface area contributed by atoms with Crippen LogP contribution in [0, 0.1) is 13.8 Å². The van der Waals surface area contributed by atoms with E-state index in [4.69, 9.17) is 4.74 Å². The number of aromatic nitrogens is 2. The lowest BCUT2D eigenvalue weighted by Gasteiger charge is -2.14. The van der Waals surface area contributed by atoms with Crippen molar-refractivity contribution < 1.29 is 9.53 Å². The van der Waals surface area contributed by atoms with Gasteiger partial charge in [-0.2, -0.15) is 0 Å². The van der Waals surface area contributed by atoms with Gasteiger partial charge in [0, 0.05) is 41.0 Å². The first kappa shape index (κ1) is 27.9. The van der Waals surface area contributed by atoms with Crippen LogP contribution in [0.3, 0.4) is 0 Å².